The van der Waals surface area contributed by atoms with Crippen LogP contribution in [0.4, 0.5) is 5.69 Å². The minimum Gasteiger partial charge on any atom is -0.503 e. The lowest BCUT2D eigenvalue weighted by Gasteiger charge is -2.27. The molecule has 1 atom stereocenters. The largest absolute Gasteiger partial charge is 0.503 e. The fourth-order valence-electron chi connectivity index (χ4n) is 3.23. The molecule has 0 bridgehead atoms. The van der Waals surface area contributed by atoms with Gasteiger partial charge in [0.1, 0.15) is 5.75 Å². The second kappa shape index (κ2) is 7.61. The summed E-state index contributed by atoms with van der Waals surface area (Å²) >= 11 is 0. The summed E-state index contributed by atoms with van der Waals surface area (Å²) in [5.41, 5.74) is 1.35. The van der Waals surface area contributed by atoms with Gasteiger partial charge in [0, 0.05) is 24.5 Å². The summed E-state index contributed by atoms with van der Waals surface area (Å²) in [7, 11) is 1.56. The molecule has 0 saturated carbocycles. The third kappa shape index (κ3) is 3.56. The summed E-state index contributed by atoms with van der Waals surface area (Å²) in [6.07, 6.45) is 3.48. The van der Waals surface area contributed by atoms with Crippen LogP contribution in [-0.4, -0.2) is 28.9 Å². The number of benzene rings is 1. The molecule has 27 heavy (non-hydrogen) atoms. The molecular formula is C21H22N2O4. The molecule has 6 heteroatoms. The Bertz CT molecular complexity index is 873. The maximum absolute atomic E-state index is 12.9. The number of nitrogens with zero attached hydrogens (tertiary/aromatic N) is 2. The second-order valence-electron chi connectivity index (χ2n) is 6.85. The van der Waals surface area contributed by atoms with E-state index in [2.05, 4.69) is 4.98 Å². The van der Waals surface area contributed by atoms with Gasteiger partial charge in [0.15, 0.2) is 11.5 Å². The van der Waals surface area contributed by atoms with Crippen molar-refractivity contribution in [2.24, 2.45) is 5.92 Å². The number of rotatable bonds is 6. The highest BCUT2D eigenvalue weighted by Gasteiger charge is 2.44. The fraction of sp³-hybridized carbons (Fsp3) is 0.286. The van der Waals surface area contributed by atoms with Gasteiger partial charge in [-0.1, -0.05) is 19.9 Å². The number of carbonyl (C=O) groups excluding carboxylic acids is 2. The van der Waals surface area contributed by atoms with E-state index in [0.717, 1.165) is 0 Å². The van der Waals surface area contributed by atoms with Crippen LogP contribution >= 0.6 is 0 Å². The maximum atomic E-state index is 12.9. The summed E-state index contributed by atoms with van der Waals surface area (Å²) in [6.45, 7) is 3.85. The van der Waals surface area contributed by atoms with Crippen molar-refractivity contribution in [2.45, 2.75) is 26.3 Å². The van der Waals surface area contributed by atoms with E-state index in [1.165, 1.54) is 4.90 Å². The molecule has 140 valence electrons. The van der Waals surface area contributed by atoms with E-state index in [9.17, 15) is 14.7 Å². The molecule has 0 spiro atoms. The van der Waals surface area contributed by atoms with E-state index in [-0.39, 0.29) is 23.7 Å². The molecule has 0 fully saturated rings. The molecule has 6 nitrogen and oxygen atoms in total. The van der Waals surface area contributed by atoms with Crippen LogP contribution in [0.3, 0.4) is 0 Å². The number of methoxy groups -OCH3 is 1. The Morgan fingerprint density at radius 3 is 2.52 bits per heavy atom. The number of hydrogen-bond acceptors (Lipinski definition) is 5. The number of aliphatic hydroxyl groups excluding tert-OH is 1. The van der Waals surface area contributed by atoms with Crippen molar-refractivity contribution < 1.29 is 19.4 Å². The van der Waals surface area contributed by atoms with Crippen molar-refractivity contribution in [1.29, 1.82) is 0 Å². The number of ether oxygens (including phenoxy) is 1. The summed E-state index contributed by atoms with van der Waals surface area (Å²) in [5, 5.41) is 10.5. The van der Waals surface area contributed by atoms with E-state index in [4.69, 9.17) is 4.74 Å². The molecule has 1 N–H and O–H groups in total. The number of carbonyl (C=O) groups is 2. The van der Waals surface area contributed by atoms with Crippen molar-refractivity contribution >= 4 is 17.4 Å². The molecule has 0 radical (unpaired) electrons. The molecule has 1 aromatic carbocycles. The van der Waals surface area contributed by atoms with Crippen LogP contribution in [0.25, 0.3) is 0 Å². The highest BCUT2D eigenvalue weighted by atomic mass is 16.5. The van der Waals surface area contributed by atoms with Gasteiger partial charge in [-0.3, -0.25) is 19.5 Å². The Morgan fingerprint density at radius 2 is 1.96 bits per heavy atom. The second-order valence-corrected chi connectivity index (χ2v) is 6.85. The number of anilines is 1. The van der Waals surface area contributed by atoms with Gasteiger partial charge in [-0.2, -0.15) is 0 Å². The molecule has 1 aromatic heterocycles. The summed E-state index contributed by atoms with van der Waals surface area (Å²) in [6, 6.07) is 9.73. The molecule has 2 aromatic rings. The van der Waals surface area contributed by atoms with E-state index in [1.54, 1.807) is 55.9 Å². The first-order valence-electron chi connectivity index (χ1n) is 8.78. The number of ketones is 1. The van der Waals surface area contributed by atoms with Crippen molar-refractivity contribution in [3.8, 4) is 5.75 Å². The van der Waals surface area contributed by atoms with Gasteiger partial charge in [0.2, 0.25) is 0 Å². The highest BCUT2D eigenvalue weighted by Crippen LogP contribution is 2.41. The Balaban J connectivity index is 2.10. The number of hydrogen-bond donors (Lipinski definition) is 1. The molecule has 1 unspecified atom stereocenters. The first kappa shape index (κ1) is 18.6. The number of amides is 1. The Labute approximate surface area is 158 Å². The van der Waals surface area contributed by atoms with Crippen molar-refractivity contribution in [3.05, 3.63) is 65.7 Å². The molecule has 2 heterocycles. The first-order valence-corrected chi connectivity index (χ1v) is 8.78. The van der Waals surface area contributed by atoms with Crippen LogP contribution in [0.5, 0.6) is 5.75 Å². The van der Waals surface area contributed by atoms with Crippen molar-refractivity contribution in [2.75, 3.05) is 12.0 Å². The van der Waals surface area contributed by atoms with Crippen LogP contribution in [0.15, 0.2) is 60.1 Å². The normalized spacial score (nSPS) is 17.0. The predicted octanol–water partition coefficient (Wildman–Crippen LogP) is 3.61. The summed E-state index contributed by atoms with van der Waals surface area (Å²) in [4.78, 5) is 31.2. The zero-order valence-electron chi connectivity index (χ0n) is 15.5. The van der Waals surface area contributed by atoms with Crippen molar-refractivity contribution in [1.82, 2.24) is 4.98 Å². The lowest BCUT2D eigenvalue weighted by molar-refractivity contribution is -0.118. The van der Waals surface area contributed by atoms with E-state index >= 15 is 0 Å². The fourth-order valence-corrected chi connectivity index (χ4v) is 3.23. The van der Waals surface area contributed by atoms with E-state index in [0.29, 0.717) is 17.0 Å². The lowest BCUT2D eigenvalue weighted by atomic mass is 9.93. The molecule has 0 aliphatic carbocycles. The quantitative estimate of drug-likeness (QED) is 0.845. The highest BCUT2D eigenvalue weighted by molar-refractivity contribution is 6.16. The SMILES string of the molecule is COc1ccc(N2C(=O)C(O)=C(C(=O)CC(C)C)C2c2cccnc2)cc1. The number of Topliss-reactive ketones (excluding diaryl/α,β-unsaturated/α-hetero) is 1. The van der Waals surface area contributed by atoms with Gasteiger partial charge in [-0.15, -0.1) is 0 Å². The van der Waals surface area contributed by atoms with Gasteiger partial charge in [-0.05, 0) is 41.8 Å². The minimum atomic E-state index is -0.717. The van der Waals surface area contributed by atoms with E-state index < -0.39 is 17.7 Å². The third-order valence-electron chi connectivity index (χ3n) is 4.45. The van der Waals surface area contributed by atoms with Crippen LogP contribution < -0.4 is 9.64 Å². The maximum Gasteiger partial charge on any atom is 0.294 e. The number of aromatic nitrogens is 1. The first-order chi connectivity index (χ1) is 12.9. The lowest BCUT2D eigenvalue weighted by Crippen LogP contribution is -2.31. The number of pyridine rings is 1. The van der Waals surface area contributed by atoms with E-state index in [1.807, 2.05) is 13.8 Å². The molecular weight excluding hydrogens is 344 g/mol. The molecule has 0 saturated heterocycles. The molecule has 1 aliphatic rings. The monoisotopic (exact) mass is 366 g/mol. The van der Waals surface area contributed by atoms with Crippen LogP contribution in [0.2, 0.25) is 0 Å². The summed E-state index contributed by atoms with van der Waals surface area (Å²) in [5.74, 6) is -0.568. The van der Waals surface area contributed by atoms with Crippen molar-refractivity contribution in [3.63, 3.8) is 0 Å². The van der Waals surface area contributed by atoms with Crippen LogP contribution in [0, 0.1) is 5.92 Å². The summed E-state index contributed by atoms with van der Waals surface area (Å²) < 4.78 is 5.17. The Morgan fingerprint density at radius 1 is 1.26 bits per heavy atom. The zero-order valence-corrected chi connectivity index (χ0v) is 15.5. The topological polar surface area (TPSA) is 79.7 Å². The van der Waals surface area contributed by atoms with Gasteiger partial charge < -0.3 is 9.84 Å². The Hall–Kier alpha value is -3.15. The van der Waals surface area contributed by atoms with Crippen LogP contribution in [-0.2, 0) is 9.59 Å². The van der Waals surface area contributed by atoms with Gasteiger partial charge in [0.25, 0.3) is 5.91 Å². The van der Waals surface area contributed by atoms with Gasteiger partial charge in [0.05, 0.1) is 18.7 Å². The van der Waals surface area contributed by atoms with Gasteiger partial charge >= 0.3 is 0 Å². The zero-order chi connectivity index (χ0) is 19.6. The van der Waals surface area contributed by atoms with Gasteiger partial charge in [-0.25, -0.2) is 0 Å². The van der Waals surface area contributed by atoms with Crippen LogP contribution in [0.1, 0.15) is 31.9 Å². The third-order valence-corrected chi connectivity index (χ3v) is 4.45. The Kier molecular flexibility index (Phi) is 5.26. The smallest absolute Gasteiger partial charge is 0.294 e. The molecule has 3 rings (SSSR count). The molecule has 1 amide bonds. The average molecular weight is 366 g/mol. The average Bonchev–Trinajstić information content (AvgIpc) is 2.93. The standard InChI is InChI=1S/C21H22N2O4/c1-13(2)11-17(24)18-19(14-5-4-10-22-12-14)23(21(26)20(18)25)15-6-8-16(27-3)9-7-15/h4-10,12-13,19,25H,11H2,1-3H3. The minimum absolute atomic E-state index is 0.109. The molecule has 1 aliphatic heterocycles. The predicted molar refractivity (Wildman–Crippen MR) is 102 cm³/mol. The number of aliphatic hydroxyl groups is 1.